The van der Waals surface area contributed by atoms with Crippen molar-refractivity contribution in [3.63, 3.8) is 0 Å². The van der Waals surface area contributed by atoms with Crippen LogP contribution in [0.5, 0.6) is 0 Å². The summed E-state index contributed by atoms with van der Waals surface area (Å²) in [5.74, 6) is 0. The topological polar surface area (TPSA) is 15.3 Å². The predicted octanol–water partition coefficient (Wildman–Crippen LogP) is 3.68. The molecule has 0 bridgehead atoms. The molecule has 2 nitrogen and oxygen atoms in total. The van der Waals surface area contributed by atoms with Crippen LogP contribution in [0.1, 0.15) is 49.9 Å². The lowest BCUT2D eigenvalue weighted by Gasteiger charge is -2.37. The maximum absolute atomic E-state index is 3.47. The van der Waals surface area contributed by atoms with Crippen molar-refractivity contribution in [1.82, 2.24) is 10.2 Å². The number of aryl methyl sites for hydroxylation is 2. The van der Waals surface area contributed by atoms with E-state index in [-0.39, 0.29) is 5.54 Å². The summed E-state index contributed by atoms with van der Waals surface area (Å²) in [5.41, 5.74) is 4.36. The van der Waals surface area contributed by atoms with Crippen LogP contribution < -0.4 is 5.32 Å². The molecule has 108 valence electrons. The second-order valence-electron chi connectivity index (χ2n) is 6.25. The summed E-state index contributed by atoms with van der Waals surface area (Å²) >= 11 is 0. The van der Waals surface area contributed by atoms with Gasteiger partial charge in [0.1, 0.15) is 0 Å². The Kier molecular flexibility index (Phi) is 5.57. The zero-order chi connectivity index (χ0) is 14.6. The highest BCUT2D eigenvalue weighted by molar-refractivity contribution is 5.33. The van der Waals surface area contributed by atoms with E-state index >= 15 is 0 Å². The van der Waals surface area contributed by atoms with Crippen molar-refractivity contribution in [2.45, 2.75) is 52.6 Å². The van der Waals surface area contributed by atoms with E-state index < -0.39 is 0 Å². The van der Waals surface area contributed by atoms with Gasteiger partial charge in [-0.2, -0.15) is 0 Å². The summed E-state index contributed by atoms with van der Waals surface area (Å²) < 4.78 is 0. The monoisotopic (exact) mass is 262 g/mol. The van der Waals surface area contributed by atoms with Crippen LogP contribution >= 0.6 is 0 Å². The summed E-state index contributed by atoms with van der Waals surface area (Å²) in [4.78, 5) is 2.45. The molecule has 1 aromatic carbocycles. The van der Waals surface area contributed by atoms with Gasteiger partial charge in [0.05, 0.1) is 0 Å². The van der Waals surface area contributed by atoms with E-state index in [0.29, 0.717) is 6.04 Å². The van der Waals surface area contributed by atoms with E-state index in [1.807, 2.05) is 0 Å². The minimum absolute atomic E-state index is 0.243. The highest BCUT2D eigenvalue weighted by Gasteiger charge is 2.24. The summed E-state index contributed by atoms with van der Waals surface area (Å²) in [6, 6.07) is 7.10. The second-order valence-corrected chi connectivity index (χ2v) is 6.25. The van der Waals surface area contributed by atoms with Crippen LogP contribution in [0.3, 0.4) is 0 Å². The van der Waals surface area contributed by atoms with Gasteiger partial charge in [-0.05, 0) is 59.3 Å². The summed E-state index contributed by atoms with van der Waals surface area (Å²) in [6.07, 6.45) is 1.16. The molecule has 1 rings (SSSR count). The first kappa shape index (κ1) is 16.2. The van der Waals surface area contributed by atoms with Gasteiger partial charge in [0.2, 0.25) is 0 Å². The number of hydrogen-bond acceptors (Lipinski definition) is 2. The zero-order valence-corrected chi connectivity index (χ0v) is 13.7. The molecule has 1 unspecified atom stereocenters. The third-order valence-corrected chi connectivity index (χ3v) is 4.51. The fourth-order valence-electron chi connectivity index (χ4n) is 2.27. The molecule has 0 saturated heterocycles. The molecule has 0 spiro atoms. The number of nitrogens with one attached hydrogen (secondary N) is 1. The molecule has 0 aromatic heterocycles. The van der Waals surface area contributed by atoms with Crippen molar-refractivity contribution in [1.29, 1.82) is 0 Å². The van der Waals surface area contributed by atoms with Crippen molar-refractivity contribution in [2.24, 2.45) is 0 Å². The lowest BCUT2D eigenvalue weighted by Crippen LogP contribution is -2.44. The summed E-state index contributed by atoms with van der Waals surface area (Å²) in [6.45, 7) is 12.3. The van der Waals surface area contributed by atoms with Crippen molar-refractivity contribution >= 4 is 0 Å². The number of benzene rings is 1. The third-order valence-electron chi connectivity index (χ3n) is 4.51. The molecule has 0 aliphatic heterocycles. The Bertz CT molecular complexity index is 410. The number of rotatable bonds is 6. The normalized spacial score (nSPS) is 13.9. The minimum atomic E-state index is 0.243. The summed E-state index contributed by atoms with van der Waals surface area (Å²) in [7, 11) is 4.28. The van der Waals surface area contributed by atoms with Gasteiger partial charge in [-0.3, -0.25) is 4.90 Å². The maximum Gasteiger partial charge on any atom is 0.0449 e. The molecule has 1 N–H and O–H groups in total. The van der Waals surface area contributed by atoms with Gasteiger partial charge in [-0.1, -0.05) is 30.7 Å². The number of hydrogen-bond donors (Lipinski definition) is 1. The van der Waals surface area contributed by atoms with Crippen LogP contribution in [0, 0.1) is 13.8 Å². The molecular formula is C17H30N2. The van der Waals surface area contributed by atoms with Crippen molar-refractivity contribution in [2.75, 3.05) is 20.6 Å². The molecule has 1 aromatic rings. The standard InChI is InChI=1S/C17H30N2/c1-8-17(4,5)19(7)12-16(18-6)15-11-13(2)9-10-14(15)3/h9-11,16,18H,8,12H2,1-7H3. The van der Waals surface area contributed by atoms with Gasteiger partial charge in [0.15, 0.2) is 0 Å². The van der Waals surface area contributed by atoms with Crippen LogP contribution in [-0.4, -0.2) is 31.1 Å². The van der Waals surface area contributed by atoms with Crippen molar-refractivity contribution in [3.05, 3.63) is 34.9 Å². The molecule has 0 aliphatic rings. The molecule has 1 atom stereocenters. The lowest BCUT2D eigenvalue weighted by molar-refractivity contribution is 0.137. The largest absolute Gasteiger partial charge is 0.312 e. The van der Waals surface area contributed by atoms with Crippen LogP contribution in [0.4, 0.5) is 0 Å². The first-order valence-electron chi connectivity index (χ1n) is 7.27. The van der Waals surface area contributed by atoms with E-state index in [9.17, 15) is 0 Å². The highest BCUT2D eigenvalue weighted by atomic mass is 15.2. The van der Waals surface area contributed by atoms with Gasteiger partial charge in [-0.25, -0.2) is 0 Å². The first-order chi connectivity index (χ1) is 8.81. The van der Waals surface area contributed by atoms with E-state index in [1.54, 1.807) is 0 Å². The smallest absolute Gasteiger partial charge is 0.0449 e. The second kappa shape index (κ2) is 6.53. The van der Waals surface area contributed by atoms with Crippen LogP contribution in [0.2, 0.25) is 0 Å². The molecule has 0 aliphatic carbocycles. The van der Waals surface area contributed by atoms with Crippen LogP contribution in [-0.2, 0) is 0 Å². The highest BCUT2D eigenvalue weighted by Crippen LogP contribution is 2.24. The Morgan fingerprint density at radius 2 is 1.89 bits per heavy atom. The van der Waals surface area contributed by atoms with Crippen LogP contribution in [0.25, 0.3) is 0 Å². The van der Waals surface area contributed by atoms with Gasteiger partial charge in [0, 0.05) is 18.1 Å². The van der Waals surface area contributed by atoms with Gasteiger partial charge < -0.3 is 5.32 Å². The molecule has 19 heavy (non-hydrogen) atoms. The Balaban J connectivity index is 2.92. The Hall–Kier alpha value is -0.860. The van der Waals surface area contributed by atoms with Gasteiger partial charge >= 0.3 is 0 Å². The predicted molar refractivity (Wildman–Crippen MR) is 84.7 cm³/mol. The molecule has 2 heteroatoms. The van der Waals surface area contributed by atoms with E-state index in [1.165, 1.54) is 16.7 Å². The van der Waals surface area contributed by atoms with Crippen LogP contribution in [0.15, 0.2) is 18.2 Å². The quantitative estimate of drug-likeness (QED) is 0.841. The molecule has 0 fully saturated rings. The fourth-order valence-corrected chi connectivity index (χ4v) is 2.27. The Morgan fingerprint density at radius 3 is 2.42 bits per heavy atom. The fraction of sp³-hybridized carbons (Fsp3) is 0.647. The Morgan fingerprint density at radius 1 is 1.26 bits per heavy atom. The average Bonchev–Trinajstić information content (AvgIpc) is 2.38. The minimum Gasteiger partial charge on any atom is -0.312 e. The van der Waals surface area contributed by atoms with E-state index in [4.69, 9.17) is 0 Å². The van der Waals surface area contributed by atoms with Gasteiger partial charge in [0.25, 0.3) is 0 Å². The zero-order valence-electron chi connectivity index (χ0n) is 13.7. The first-order valence-corrected chi connectivity index (χ1v) is 7.27. The lowest BCUT2D eigenvalue weighted by atomic mass is 9.95. The number of nitrogens with zero attached hydrogens (tertiary/aromatic N) is 1. The molecule has 0 amide bonds. The number of likely N-dealkylation sites (N-methyl/N-ethyl adjacent to an activating group) is 2. The van der Waals surface area contributed by atoms with E-state index in [2.05, 4.69) is 77.1 Å². The van der Waals surface area contributed by atoms with Crippen molar-refractivity contribution in [3.8, 4) is 0 Å². The molecule has 0 saturated carbocycles. The molecular weight excluding hydrogens is 232 g/mol. The maximum atomic E-state index is 3.47. The molecule has 0 heterocycles. The SMILES string of the molecule is CCC(C)(C)N(C)CC(NC)c1cc(C)ccc1C. The Labute approximate surface area is 119 Å². The third kappa shape index (κ3) is 4.05. The van der Waals surface area contributed by atoms with Crippen molar-refractivity contribution < 1.29 is 0 Å². The summed E-state index contributed by atoms with van der Waals surface area (Å²) in [5, 5.41) is 3.47. The van der Waals surface area contributed by atoms with Gasteiger partial charge in [-0.15, -0.1) is 0 Å². The molecule has 0 radical (unpaired) electrons. The average molecular weight is 262 g/mol. The van der Waals surface area contributed by atoms with E-state index in [0.717, 1.165) is 13.0 Å².